The molecule has 1 aromatic carbocycles. The second-order valence-corrected chi connectivity index (χ2v) is 5.38. The van der Waals surface area contributed by atoms with Crippen molar-refractivity contribution < 1.29 is 0 Å². The minimum atomic E-state index is 0.512. The van der Waals surface area contributed by atoms with Gasteiger partial charge in [-0.1, -0.05) is 39.0 Å². The molecule has 3 N–H and O–H groups in total. The molecule has 0 aliphatic rings. The van der Waals surface area contributed by atoms with Crippen LogP contribution in [0.15, 0.2) is 54.3 Å². The molecular weight excluding hydrogens is 310 g/mol. The Balaban J connectivity index is 0.000000970. The van der Waals surface area contributed by atoms with Crippen LogP contribution in [0.5, 0.6) is 0 Å². The van der Waals surface area contributed by atoms with Crippen LogP contribution in [0.3, 0.4) is 0 Å². The number of nitrogen functional groups attached to an aromatic ring is 1. The van der Waals surface area contributed by atoms with Crippen LogP contribution >= 0.6 is 0 Å². The van der Waals surface area contributed by atoms with Crippen molar-refractivity contribution in [3.63, 3.8) is 0 Å². The highest BCUT2D eigenvalue weighted by Gasteiger charge is 2.05. The van der Waals surface area contributed by atoms with Crippen molar-refractivity contribution in [2.24, 2.45) is 4.99 Å². The first-order chi connectivity index (χ1) is 12.0. The van der Waals surface area contributed by atoms with Crippen LogP contribution in [0, 0.1) is 6.92 Å². The van der Waals surface area contributed by atoms with Gasteiger partial charge in [0.2, 0.25) is 5.95 Å². The molecule has 0 unspecified atom stereocenters. The Hall–Kier alpha value is -2.95. The van der Waals surface area contributed by atoms with Gasteiger partial charge in [-0.3, -0.25) is 4.99 Å². The highest BCUT2D eigenvalue weighted by Crippen LogP contribution is 2.21. The average Bonchev–Trinajstić information content (AvgIpc) is 2.60. The molecule has 0 aliphatic heterocycles. The summed E-state index contributed by atoms with van der Waals surface area (Å²) in [6.07, 6.45) is 8.09. The van der Waals surface area contributed by atoms with Gasteiger partial charge in [-0.05, 0) is 37.6 Å². The highest BCUT2D eigenvalue weighted by atomic mass is 15.1. The third-order valence-electron chi connectivity index (χ3n) is 3.09. The zero-order valence-corrected chi connectivity index (χ0v) is 15.5. The number of benzene rings is 1. The van der Waals surface area contributed by atoms with E-state index >= 15 is 0 Å². The van der Waals surface area contributed by atoms with E-state index < -0.39 is 0 Å². The lowest BCUT2D eigenvalue weighted by Crippen LogP contribution is -2.02. The average molecular weight is 337 g/mol. The van der Waals surface area contributed by atoms with Crippen LogP contribution in [0.4, 0.5) is 17.3 Å². The Morgan fingerprint density at radius 2 is 2.04 bits per heavy atom. The van der Waals surface area contributed by atoms with E-state index in [1.807, 2.05) is 44.2 Å². The summed E-state index contributed by atoms with van der Waals surface area (Å²) in [6.45, 7) is 11.8. The molecule has 0 fully saturated rings. The summed E-state index contributed by atoms with van der Waals surface area (Å²) in [5, 5.41) is 3.19. The van der Waals surface area contributed by atoms with Gasteiger partial charge in [0.05, 0.1) is 5.69 Å². The maximum atomic E-state index is 5.82. The molecule has 2 aromatic rings. The van der Waals surface area contributed by atoms with Gasteiger partial charge in [0, 0.05) is 35.6 Å². The molecule has 132 valence electrons. The topological polar surface area (TPSA) is 76.2 Å². The van der Waals surface area contributed by atoms with Gasteiger partial charge in [-0.25, -0.2) is 9.97 Å². The number of anilines is 3. The van der Waals surface area contributed by atoms with E-state index in [1.54, 1.807) is 12.4 Å². The Bertz CT molecular complexity index is 748. The van der Waals surface area contributed by atoms with Crippen LogP contribution < -0.4 is 11.1 Å². The second-order valence-electron chi connectivity index (χ2n) is 5.38. The van der Waals surface area contributed by atoms with E-state index in [0.29, 0.717) is 11.6 Å². The van der Waals surface area contributed by atoms with Crippen molar-refractivity contribution in [3.8, 4) is 0 Å². The number of aryl methyl sites for hydroxylation is 1. The van der Waals surface area contributed by atoms with E-state index in [2.05, 4.69) is 40.7 Å². The van der Waals surface area contributed by atoms with Gasteiger partial charge < -0.3 is 11.1 Å². The lowest BCUT2D eigenvalue weighted by atomic mass is 10.2. The first-order valence-corrected chi connectivity index (χ1v) is 8.32. The smallest absolute Gasteiger partial charge is 0.227 e. The van der Waals surface area contributed by atoms with Crippen molar-refractivity contribution in [3.05, 3.63) is 60.6 Å². The zero-order valence-electron chi connectivity index (χ0n) is 15.5. The van der Waals surface area contributed by atoms with Gasteiger partial charge in [-0.15, -0.1) is 0 Å². The van der Waals surface area contributed by atoms with Crippen LogP contribution in [-0.4, -0.2) is 16.2 Å². The lowest BCUT2D eigenvalue weighted by molar-refractivity contribution is 1.09. The van der Waals surface area contributed by atoms with Gasteiger partial charge in [-0.2, -0.15) is 0 Å². The fourth-order valence-electron chi connectivity index (χ4n) is 1.90. The van der Waals surface area contributed by atoms with Crippen molar-refractivity contribution in [1.29, 1.82) is 0 Å². The number of nitrogens with two attached hydrogens (primary N) is 1. The molecule has 2 rings (SSSR count). The fourth-order valence-corrected chi connectivity index (χ4v) is 1.90. The van der Waals surface area contributed by atoms with Crippen molar-refractivity contribution in [1.82, 2.24) is 9.97 Å². The molecule has 0 saturated heterocycles. The Morgan fingerprint density at radius 1 is 1.32 bits per heavy atom. The standard InChI is InChI=1S/C17H19N5.C3H8/c1-4-13(11-19-5-2)15-8-9-20-17(21-15)22-16-10-14(18)7-6-12(16)3;1-3-2/h4-11H,2,18H2,1,3H3,(H,20,21,22);3H2,1-2H3/b13-4+,19-11?;. The zero-order chi connectivity index (χ0) is 18.7. The molecule has 0 radical (unpaired) electrons. The van der Waals surface area contributed by atoms with E-state index in [-0.39, 0.29) is 0 Å². The first kappa shape index (κ1) is 20.1. The normalized spacial score (nSPS) is 11.0. The van der Waals surface area contributed by atoms with E-state index in [1.165, 1.54) is 12.6 Å². The minimum Gasteiger partial charge on any atom is -0.399 e. The maximum Gasteiger partial charge on any atom is 0.227 e. The van der Waals surface area contributed by atoms with Gasteiger partial charge in [0.25, 0.3) is 0 Å². The highest BCUT2D eigenvalue weighted by molar-refractivity contribution is 6.09. The van der Waals surface area contributed by atoms with Crippen molar-refractivity contribution in [2.45, 2.75) is 34.1 Å². The number of aliphatic imine (C=N–C) groups is 1. The Kier molecular flexibility index (Phi) is 8.65. The number of nitrogens with zero attached hydrogens (tertiary/aromatic N) is 3. The molecule has 1 aromatic heterocycles. The number of nitrogens with one attached hydrogen (secondary N) is 1. The number of hydrogen-bond donors (Lipinski definition) is 2. The largest absolute Gasteiger partial charge is 0.399 e. The van der Waals surface area contributed by atoms with Crippen LogP contribution in [0.1, 0.15) is 38.4 Å². The summed E-state index contributed by atoms with van der Waals surface area (Å²) in [7, 11) is 0. The Morgan fingerprint density at radius 3 is 2.68 bits per heavy atom. The van der Waals surface area contributed by atoms with E-state index in [0.717, 1.165) is 22.5 Å². The minimum absolute atomic E-state index is 0.512. The summed E-state index contributed by atoms with van der Waals surface area (Å²) in [5.41, 5.74) is 10.2. The molecular formula is C20H27N5. The predicted molar refractivity (Wildman–Crippen MR) is 109 cm³/mol. The summed E-state index contributed by atoms with van der Waals surface area (Å²) in [5.74, 6) is 0.512. The van der Waals surface area contributed by atoms with E-state index in [9.17, 15) is 0 Å². The molecule has 0 bridgehead atoms. The van der Waals surface area contributed by atoms with Crippen molar-refractivity contribution >= 4 is 29.1 Å². The number of allylic oxidation sites excluding steroid dienone is 2. The molecule has 0 aliphatic carbocycles. The van der Waals surface area contributed by atoms with Crippen LogP contribution in [-0.2, 0) is 0 Å². The van der Waals surface area contributed by atoms with Crippen LogP contribution in [0.2, 0.25) is 0 Å². The van der Waals surface area contributed by atoms with Crippen molar-refractivity contribution in [2.75, 3.05) is 11.1 Å². The lowest BCUT2D eigenvalue weighted by Gasteiger charge is -2.10. The summed E-state index contributed by atoms with van der Waals surface area (Å²) in [4.78, 5) is 12.8. The SMILES string of the molecule is C=CN=C/C(=C\C)c1ccnc(Nc2cc(N)ccc2C)n1.CCC. The number of aromatic nitrogens is 2. The Labute approximate surface area is 150 Å². The molecule has 0 amide bonds. The number of hydrogen-bond acceptors (Lipinski definition) is 5. The molecule has 0 atom stereocenters. The van der Waals surface area contributed by atoms with Crippen LogP contribution in [0.25, 0.3) is 5.57 Å². The quantitative estimate of drug-likeness (QED) is 0.584. The van der Waals surface area contributed by atoms with Gasteiger partial charge in [0.1, 0.15) is 0 Å². The number of rotatable bonds is 5. The molecule has 1 heterocycles. The van der Waals surface area contributed by atoms with E-state index in [4.69, 9.17) is 5.73 Å². The van der Waals surface area contributed by atoms with Gasteiger partial charge in [0.15, 0.2) is 0 Å². The third kappa shape index (κ3) is 6.59. The molecule has 0 saturated carbocycles. The maximum absolute atomic E-state index is 5.82. The predicted octanol–water partition coefficient (Wildman–Crippen LogP) is 5.14. The summed E-state index contributed by atoms with van der Waals surface area (Å²) < 4.78 is 0. The molecule has 0 spiro atoms. The third-order valence-corrected chi connectivity index (χ3v) is 3.09. The summed E-state index contributed by atoms with van der Waals surface area (Å²) >= 11 is 0. The fraction of sp³-hybridized carbons (Fsp3) is 0.250. The molecule has 5 nitrogen and oxygen atoms in total. The molecule has 25 heavy (non-hydrogen) atoms. The second kappa shape index (κ2) is 10.8. The summed E-state index contributed by atoms with van der Waals surface area (Å²) in [6, 6.07) is 7.51. The first-order valence-electron chi connectivity index (χ1n) is 8.32. The molecule has 5 heteroatoms. The van der Waals surface area contributed by atoms with Gasteiger partial charge >= 0.3 is 0 Å². The monoisotopic (exact) mass is 337 g/mol.